The van der Waals surface area contributed by atoms with E-state index >= 15 is 0 Å². The summed E-state index contributed by atoms with van der Waals surface area (Å²) in [5, 5.41) is 4.28. The summed E-state index contributed by atoms with van der Waals surface area (Å²) in [7, 11) is 0. The van der Waals surface area contributed by atoms with Crippen molar-refractivity contribution in [3.05, 3.63) is 158 Å². The van der Waals surface area contributed by atoms with Gasteiger partial charge in [-0.05, 0) is 53.4 Å². The number of hydrogen-bond donors (Lipinski definition) is 0. The smallest absolute Gasteiger partial charge is 0.227 e. The van der Waals surface area contributed by atoms with Gasteiger partial charge in [0.25, 0.3) is 0 Å². The van der Waals surface area contributed by atoms with Crippen LogP contribution in [-0.2, 0) is 0 Å². The van der Waals surface area contributed by atoms with E-state index in [2.05, 4.69) is 102 Å². The Bertz CT molecular complexity index is 2490. The van der Waals surface area contributed by atoms with Gasteiger partial charge in [0.2, 0.25) is 5.89 Å². The Morgan fingerprint density at radius 3 is 1.98 bits per heavy atom. The van der Waals surface area contributed by atoms with Gasteiger partial charge in [-0.25, -0.2) is 4.98 Å². The van der Waals surface area contributed by atoms with Gasteiger partial charge in [-0.1, -0.05) is 109 Å². The zero-order chi connectivity index (χ0) is 29.7. The second-order valence-electron chi connectivity index (χ2n) is 11.2. The number of anilines is 3. The highest BCUT2D eigenvalue weighted by atomic mass is 16.3. The summed E-state index contributed by atoms with van der Waals surface area (Å²) >= 11 is 0. The molecule has 0 aliphatic heterocycles. The summed E-state index contributed by atoms with van der Waals surface area (Å²) in [6, 6.07) is 54.3. The van der Waals surface area contributed by atoms with Crippen LogP contribution in [0.4, 0.5) is 17.1 Å². The number of fused-ring (bicyclic) bond motifs is 6. The molecule has 0 saturated carbocycles. The molecule has 7 aromatic carbocycles. The zero-order valence-corrected chi connectivity index (χ0v) is 24.2. The first-order valence-electron chi connectivity index (χ1n) is 15.1. The van der Waals surface area contributed by atoms with Crippen LogP contribution in [0, 0.1) is 0 Å². The van der Waals surface area contributed by atoms with Crippen LogP contribution in [0.3, 0.4) is 0 Å². The third-order valence-corrected chi connectivity index (χ3v) is 8.48. The largest absolute Gasteiger partial charge is 0.456 e. The molecule has 0 fully saturated rings. The Labute approximate surface area is 259 Å². The number of furan rings is 1. The topological polar surface area (TPSA) is 42.4 Å². The number of hydrogen-bond acceptors (Lipinski definition) is 4. The monoisotopic (exact) mass is 578 g/mol. The van der Waals surface area contributed by atoms with Crippen molar-refractivity contribution in [1.82, 2.24) is 4.98 Å². The zero-order valence-electron chi connectivity index (χ0n) is 24.2. The van der Waals surface area contributed by atoms with E-state index in [0.717, 1.165) is 77.6 Å². The summed E-state index contributed by atoms with van der Waals surface area (Å²) in [5.41, 5.74) is 9.34. The molecule has 0 spiro atoms. The quantitative estimate of drug-likeness (QED) is 0.204. The molecule has 0 amide bonds. The van der Waals surface area contributed by atoms with Gasteiger partial charge in [0, 0.05) is 39.0 Å². The van der Waals surface area contributed by atoms with Gasteiger partial charge in [-0.15, -0.1) is 0 Å². The minimum atomic E-state index is 0.590. The van der Waals surface area contributed by atoms with E-state index in [4.69, 9.17) is 13.8 Å². The summed E-state index contributed by atoms with van der Waals surface area (Å²) in [4.78, 5) is 7.47. The van der Waals surface area contributed by atoms with E-state index in [1.807, 2.05) is 60.7 Å². The lowest BCUT2D eigenvalue weighted by Gasteiger charge is -2.28. The molecule has 9 rings (SSSR count). The third-order valence-electron chi connectivity index (χ3n) is 8.48. The molecule has 0 saturated heterocycles. The molecule has 0 atom stereocenters. The van der Waals surface area contributed by atoms with Crippen LogP contribution in [0.25, 0.3) is 66.4 Å². The van der Waals surface area contributed by atoms with Gasteiger partial charge in [0.05, 0.1) is 11.4 Å². The molecule has 0 radical (unpaired) electrons. The molecule has 0 aliphatic rings. The van der Waals surface area contributed by atoms with Gasteiger partial charge in [-0.3, -0.25) is 0 Å². The predicted molar refractivity (Wildman–Crippen MR) is 184 cm³/mol. The Hall–Kier alpha value is -6.13. The fourth-order valence-electron chi connectivity index (χ4n) is 6.39. The van der Waals surface area contributed by atoms with Crippen molar-refractivity contribution < 1.29 is 8.83 Å². The average molecular weight is 579 g/mol. The highest BCUT2D eigenvalue weighted by molar-refractivity contribution is 6.12. The third kappa shape index (κ3) is 4.19. The number of para-hydroxylation sites is 2. The van der Waals surface area contributed by atoms with Gasteiger partial charge < -0.3 is 13.7 Å². The lowest BCUT2D eigenvalue weighted by molar-refractivity contribution is 0.623. The molecular formula is C41H26N2O2. The van der Waals surface area contributed by atoms with Crippen molar-refractivity contribution in [2.75, 3.05) is 4.90 Å². The van der Waals surface area contributed by atoms with Crippen molar-refractivity contribution >= 4 is 60.9 Å². The highest BCUT2D eigenvalue weighted by Crippen LogP contribution is 2.46. The SMILES string of the molecule is c1ccc(-c2nc3c(N(c4ccc5c(c4)oc4ccccc45)c4ccccc4-c4ccccc4)cc4ccccc4c3o2)cc1. The van der Waals surface area contributed by atoms with Crippen molar-refractivity contribution in [3.8, 4) is 22.6 Å². The maximum atomic E-state index is 6.60. The van der Waals surface area contributed by atoms with Crippen molar-refractivity contribution in [3.63, 3.8) is 0 Å². The van der Waals surface area contributed by atoms with Crippen LogP contribution in [0.2, 0.25) is 0 Å². The molecule has 4 nitrogen and oxygen atoms in total. The number of nitrogens with zero attached hydrogens (tertiary/aromatic N) is 2. The molecule has 0 bridgehead atoms. The van der Waals surface area contributed by atoms with Gasteiger partial charge in [0.15, 0.2) is 5.58 Å². The second kappa shape index (κ2) is 10.2. The first-order chi connectivity index (χ1) is 22.3. The van der Waals surface area contributed by atoms with Crippen molar-refractivity contribution in [2.45, 2.75) is 0 Å². The summed E-state index contributed by atoms with van der Waals surface area (Å²) in [6.07, 6.45) is 0. The predicted octanol–water partition coefficient (Wildman–Crippen LogP) is 11.7. The van der Waals surface area contributed by atoms with E-state index < -0.39 is 0 Å². The molecule has 2 aromatic heterocycles. The Morgan fingerprint density at radius 2 is 1.13 bits per heavy atom. The minimum absolute atomic E-state index is 0.590. The molecule has 0 unspecified atom stereocenters. The molecular weight excluding hydrogens is 552 g/mol. The van der Waals surface area contributed by atoms with E-state index in [1.165, 1.54) is 0 Å². The van der Waals surface area contributed by atoms with Crippen molar-refractivity contribution in [2.24, 2.45) is 0 Å². The normalized spacial score (nSPS) is 11.6. The Morgan fingerprint density at radius 1 is 0.467 bits per heavy atom. The number of aromatic nitrogens is 1. The van der Waals surface area contributed by atoms with Gasteiger partial charge >= 0.3 is 0 Å². The standard InChI is InChI=1S/C41H26N2O2/c1-3-13-27(14-4-1)31-18-9-11-21-35(31)43(30-23-24-34-33-20-10-12-22-37(33)44-38(34)26-30)36-25-29-17-7-8-19-32(29)40-39(36)42-41(45-40)28-15-5-2-6-16-28/h1-26H. The minimum Gasteiger partial charge on any atom is -0.456 e. The number of benzene rings is 7. The van der Waals surface area contributed by atoms with Crippen LogP contribution in [0.5, 0.6) is 0 Å². The van der Waals surface area contributed by atoms with Crippen LogP contribution in [0.1, 0.15) is 0 Å². The second-order valence-corrected chi connectivity index (χ2v) is 11.2. The molecule has 2 heterocycles. The van der Waals surface area contributed by atoms with E-state index in [1.54, 1.807) is 0 Å². The lowest BCUT2D eigenvalue weighted by atomic mass is 10.0. The summed E-state index contributed by atoms with van der Waals surface area (Å²) in [5.74, 6) is 0.590. The van der Waals surface area contributed by atoms with Crippen LogP contribution in [0.15, 0.2) is 167 Å². The first-order valence-corrected chi connectivity index (χ1v) is 15.1. The maximum absolute atomic E-state index is 6.60. The van der Waals surface area contributed by atoms with Gasteiger partial charge in [0.1, 0.15) is 16.7 Å². The molecule has 0 N–H and O–H groups in total. The number of rotatable bonds is 5. The number of oxazole rings is 1. The molecule has 212 valence electrons. The Balaban J connectivity index is 1.37. The van der Waals surface area contributed by atoms with Gasteiger partial charge in [-0.2, -0.15) is 0 Å². The average Bonchev–Trinajstić information content (AvgIpc) is 3.72. The summed E-state index contributed by atoms with van der Waals surface area (Å²) in [6.45, 7) is 0. The molecule has 0 aliphatic carbocycles. The van der Waals surface area contributed by atoms with Crippen LogP contribution in [-0.4, -0.2) is 4.98 Å². The first kappa shape index (κ1) is 25.4. The lowest BCUT2D eigenvalue weighted by Crippen LogP contribution is -2.12. The molecule has 45 heavy (non-hydrogen) atoms. The maximum Gasteiger partial charge on any atom is 0.227 e. The highest BCUT2D eigenvalue weighted by Gasteiger charge is 2.24. The fraction of sp³-hybridized carbons (Fsp3) is 0. The van der Waals surface area contributed by atoms with E-state index in [0.29, 0.717) is 5.89 Å². The fourth-order valence-corrected chi connectivity index (χ4v) is 6.39. The molecule has 9 aromatic rings. The van der Waals surface area contributed by atoms with E-state index in [9.17, 15) is 0 Å². The van der Waals surface area contributed by atoms with E-state index in [-0.39, 0.29) is 0 Å². The van der Waals surface area contributed by atoms with Crippen LogP contribution >= 0.6 is 0 Å². The van der Waals surface area contributed by atoms with Crippen LogP contribution < -0.4 is 4.90 Å². The van der Waals surface area contributed by atoms with Crippen molar-refractivity contribution in [1.29, 1.82) is 0 Å². The molecule has 4 heteroatoms. The summed E-state index contributed by atoms with van der Waals surface area (Å²) < 4.78 is 13.0. The Kier molecular flexibility index (Phi) is 5.78.